The van der Waals surface area contributed by atoms with E-state index in [1.807, 2.05) is 0 Å². The van der Waals surface area contributed by atoms with E-state index in [0.29, 0.717) is 12.8 Å². The lowest BCUT2D eigenvalue weighted by molar-refractivity contribution is -0.135. The van der Waals surface area contributed by atoms with Crippen molar-refractivity contribution >= 4 is 12.0 Å². The van der Waals surface area contributed by atoms with Crippen LogP contribution in [0, 0.1) is 0 Å². The fraction of sp³-hybridized carbons (Fsp3) is 0.800. The summed E-state index contributed by atoms with van der Waals surface area (Å²) >= 11 is 0. The maximum absolute atomic E-state index is 11.5. The average molecular weight is 211 g/mol. The van der Waals surface area contributed by atoms with E-state index < -0.39 is 11.7 Å². The number of nitrogens with zero attached hydrogens (tertiary/aromatic N) is 2. The zero-order valence-electron chi connectivity index (χ0n) is 8.86. The summed E-state index contributed by atoms with van der Waals surface area (Å²) in [5, 5.41) is 3.32. The predicted octanol–water partition coefficient (Wildman–Crippen LogP) is 0.512. The van der Waals surface area contributed by atoms with Gasteiger partial charge in [0.1, 0.15) is 0 Å². The summed E-state index contributed by atoms with van der Waals surface area (Å²) in [7, 11) is 0. The molecule has 2 heterocycles. The van der Waals surface area contributed by atoms with Gasteiger partial charge in [0.15, 0.2) is 5.60 Å². The second-order valence-electron chi connectivity index (χ2n) is 4.12. The van der Waals surface area contributed by atoms with Crippen molar-refractivity contribution in [1.82, 2.24) is 10.2 Å². The number of carbonyl (C=O) groups excluding carboxylic acids is 2. The van der Waals surface area contributed by atoms with E-state index in [2.05, 4.69) is 17.1 Å². The van der Waals surface area contributed by atoms with E-state index in [1.54, 1.807) is 0 Å². The molecular weight excluding hydrogens is 196 g/mol. The van der Waals surface area contributed by atoms with E-state index >= 15 is 0 Å². The Balaban J connectivity index is 1.97. The van der Waals surface area contributed by atoms with Gasteiger partial charge in [0.05, 0.1) is 0 Å². The van der Waals surface area contributed by atoms with Crippen molar-refractivity contribution < 1.29 is 14.3 Å². The molecule has 5 heteroatoms. The number of hydrogen-bond donors (Lipinski definition) is 0. The Morgan fingerprint density at radius 1 is 1.40 bits per heavy atom. The van der Waals surface area contributed by atoms with Gasteiger partial charge >= 0.3 is 6.09 Å². The van der Waals surface area contributed by atoms with Crippen LogP contribution >= 0.6 is 0 Å². The summed E-state index contributed by atoms with van der Waals surface area (Å²) < 4.78 is 5.05. The van der Waals surface area contributed by atoms with Crippen LogP contribution in [0.25, 0.3) is 0 Å². The van der Waals surface area contributed by atoms with Crippen molar-refractivity contribution in [2.45, 2.75) is 31.8 Å². The van der Waals surface area contributed by atoms with Gasteiger partial charge in [-0.3, -0.25) is 4.79 Å². The number of amides is 2. The van der Waals surface area contributed by atoms with Gasteiger partial charge in [-0.15, -0.1) is 5.32 Å². The van der Waals surface area contributed by atoms with Crippen molar-refractivity contribution in [2.75, 3.05) is 19.6 Å². The van der Waals surface area contributed by atoms with Crippen LogP contribution in [0.15, 0.2) is 0 Å². The Labute approximate surface area is 88.8 Å². The summed E-state index contributed by atoms with van der Waals surface area (Å²) in [6.07, 6.45) is 1.55. The lowest BCUT2D eigenvalue weighted by Crippen LogP contribution is -2.48. The maximum atomic E-state index is 11.5. The van der Waals surface area contributed by atoms with Crippen molar-refractivity contribution in [3.05, 3.63) is 0 Å². The molecule has 0 saturated carbocycles. The van der Waals surface area contributed by atoms with Crippen LogP contribution in [-0.2, 0) is 9.53 Å². The molecule has 15 heavy (non-hydrogen) atoms. The fourth-order valence-electron chi connectivity index (χ4n) is 2.19. The Bertz CT molecular complexity index is 282. The Morgan fingerprint density at radius 3 is 2.53 bits per heavy atom. The monoisotopic (exact) mass is 211 g/mol. The highest BCUT2D eigenvalue weighted by molar-refractivity contribution is 6.02. The molecule has 0 aromatic heterocycles. The number of ether oxygens (including phenoxy) is 1. The van der Waals surface area contributed by atoms with E-state index in [1.165, 1.54) is 0 Å². The normalized spacial score (nSPS) is 25.4. The van der Waals surface area contributed by atoms with Crippen LogP contribution in [0.5, 0.6) is 0 Å². The highest BCUT2D eigenvalue weighted by atomic mass is 16.6. The molecule has 0 atom stereocenters. The maximum Gasteiger partial charge on any atom is 0.437 e. The smallest absolute Gasteiger partial charge is 0.431 e. The molecule has 2 fully saturated rings. The predicted molar refractivity (Wildman–Crippen MR) is 52.3 cm³/mol. The van der Waals surface area contributed by atoms with Gasteiger partial charge in [0.2, 0.25) is 0 Å². The second-order valence-corrected chi connectivity index (χ2v) is 4.12. The van der Waals surface area contributed by atoms with Crippen LogP contribution in [0.1, 0.15) is 26.2 Å². The third kappa shape index (κ3) is 1.84. The topological polar surface area (TPSA) is 60.7 Å². The summed E-state index contributed by atoms with van der Waals surface area (Å²) in [5.41, 5.74) is -0.915. The third-order valence-electron chi connectivity index (χ3n) is 3.07. The molecule has 0 N–H and O–H groups in total. The molecule has 2 aliphatic heterocycles. The van der Waals surface area contributed by atoms with Crippen molar-refractivity contribution in [3.63, 3.8) is 0 Å². The molecule has 0 aliphatic carbocycles. The Morgan fingerprint density at radius 2 is 2.07 bits per heavy atom. The molecule has 1 radical (unpaired) electrons. The summed E-state index contributed by atoms with van der Waals surface area (Å²) in [4.78, 5) is 24.7. The molecule has 2 amide bonds. The van der Waals surface area contributed by atoms with Gasteiger partial charge in [-0.25, -0.2) is 4.79 Å². The number of imide groups is 1. The average Bonchev–Trinajstić information content (AvgIpc) is 2.47. The zero-order chi connectivity index (χ0) is 10.9. The van der Waals surface area contributed by atoms with E-state index in [4.69, 9.17) is 4.74 Å². The fourth-order valence-corrected chi connectivity index (χ4v) is 2.19. The summed E-state index contributed by atoms with van der Waals surface area (Å²) in [6.45, 7) is 4.78. The van der Waals surface area contributed by atoms with Crippen molar-refractivity contribution in [1.29, 1.82) is 0 Å². The molecule has 0 bridgehead atoms. The van der Waals surface area contributed by atoms with E-state index in [9.17, 15) is 9.59 Å². The quantitative estimate of drug-likeness (QED) is 0.667. The number of likely N-dealkylation sites (tertiary alicyclic amines) is 1. The first-order valence-electron chi connectivity index (χ1n) is 5.38. The lowest BCUT2D eigenvalue weighted by Gasteiger charge is -2.35. The first kappa shape index (κ1) is 10.4. The minimum absolute atomic E-state index is 0.386. The van der Waals surface area contributed by atoms with Gasteiger partial charge < -0.3 is 9.64 Å². The highest BCUT2D eigenvalue weighted by Crippen LogP contribution is 2.30. The zero-order valence-corrected chi connectivity index (χ0v) is 8.86. The van der Waals surface area contributed by atoms with Gasteiger partial charge in [0.25, 0.3) is 5.91 Å². The number of hydrogen-bond acceptors (Lipinski definition) is 4. The third-order valence-corrected chi connectivity index (χ3v) is 3.07. The molecule has 2 rings (SSSR count). The van der Waals surface area contributed by atoms with Crippen LogP contribution < -0.4 is 5.32 Å². The van der Waals surface area contributed by atoms with Crippen LogP contribution in [0.2, 0.25) is 0 Å². The van der Waals surface area contributed by atoms with Gasteiger partial charge in [-0.05, 0) is 13.0 Å². The lowest BCUT2D eigenvalue weighted by atomic mass is 9.91. The minimum Gasteiger partial charge on any atom is -0.431 e. The molecule has 1 spiro atoms. The van der Waals surface area contributed by atoms with Crippen molar-refractivity contribution in [2.24, 2.45) is 0 Å². The number of rotatable bonds is 2. The van der Waals surface area contributed by atoms with Gasteiger partial charge in [0, 0.05) is 25.9 Å². The van der Waals surface area contributed by atoms with Crippen LogP contribution in [-0.4, -0.2) is 42.1 Å². The Hall–Kier alpha value is -1.10. The molecule has 2 aliphatic rings. The first-order chi connectivity index (χ1) is 7.16. The highest BCUT2D eigenvalue weighted by Gasteiger charge is 2.51. The van der Waals surface area contributed by atoms with Gasteiger partial charge in [-0.2, -0.15) is 0 Å². The molecule has 0 aromatic rings. The van der Waals surface area contributed by atoms with Gasteiger partial charge in [-0.1, -0.05) is 6.92 Å². The second kappa shape index (κ2) is 3.81. The number of carbonyl (C=O) groups is 2. The first-order valence-corrected chi connectivity index (χ1v) is 5.38. The largest absolute Gasteiger partial charge is 0.437 e. The van der Waals surface area contributed by atoms with E-state index in [-0.39, 0.29) is 5.91 Å². The van der Waals surface area contributed by atoms with E-state index in [0.717, 1.165) is 26.1 Å². The van der Waals surface area contributed by atoms with Crippen LogP contribution in [0.3, 0.4) is 0 Å². The SMILES string of the molecule is CCCN1CCC2(CC1)OC(=O)[N]C2=O. The Kier molecular flexibility index (Phi) is 2.65. The molecule has 0 aromatic carbocycles. The molecule has 2 saturated heterocycles. The molecule has 0 unspecified atom stereocenters. The molecule has 83 valence electrons. The summed E-state index contributed by atoms with van der Waals surface area (Å²) in [5.74, 6) is -0.386. The van der Waals surface area contributed by atoms with Crippen LogP contribution in [0.4, 0.5) is 4.79 Å². The minimum atomic E-state index is -0.915. The van der Waals surface area contributed by atoms with Crippen molar-refractivity contribution in [3.8, 4) is 0 Å². The molecule has 5 nitrogen and oxygen atoms in total. The molecular formula is C10H15N2O3. The number of piperidine rings is 1. The summed E-state index contributed by atoms with van der Waals surface area (Å²) in [6, 6.07) is 0. The standard InChI is InChI=1S/C10H15N2O3/c1-2-5-12-6-3-10(4-7-12)8(13)11-9(14)15-10/h2-7H2,1H3.